The summed E-state index contributed by atoms with van der Waals surface area (Å²) in [5, 5.41) is 2.78. The van der Waals surface area contributed by atoms with Gasteiger partial charge in [-0.15, -0.1) is 0 Å². The number of carbonyl (C=O) groups is 1. The Morgan fingerprint density at radius 1 is 1.14 bits per heavy atom. The van der Waals surface area contributed by atoms with E-state index in [0.717, 1.165) is 16.9 Å². The molecular weight excluding hydrogens is 282 g/mol. The molecule has 0 atom stereocenters. The lowest BCUT2D eigenvalue weighted by atomic mass is 10.1. The topological polar surface area (TPSA) is 56.8 Å². The molecule has 1 aliphatic heterocycles. The highest BCUT2D eigenvalue weighted by atomic mass is 16.7. The molecule has 5 nitrogen and oxygen atoms in total. The van der Waals surface area contributed by atoms with Gasteiger partial charge in [-0.05, 0) is 37.1 Å². The van der Waals surface area contributed by atoms with Gasteiger partial charge in [0.1, 0.15) is 5.75 Å². The fraction of sp³-hybridized carbons (Fsp3) is 0.235. The van der Waals surface area contributed by atoms with Gasteiger partial charge in [-0.25, -0.2) is 0 Å². The zero-order chi connectivity index (χ0) is 15.5. The molecule has 1 heterocycles. The van der Waals surface area contributed by atoms with Crippen LogP contribution in [0.2, 0.25) is 0 Å². The lowest BCUT2D eigenvalue weighted by Crippen LogP contribution is -2.20. The van der Waals surface area contributed by atoms with Crippen molar-refractivity contribution in [3.63, 3.8) is 0 Å². The number of ether oxygens (including phenoxy) is 3. The van der Waals surface area contributed by atoms with Crippen LogP contribution in [0.25, 0.3) is 0 Å². The summed E-state index contributed by atoms with van der Waals surface area (Å²) in [6, 6.07) is 11.1. The Bertz CT molecular complexity index is 692. The van der Waals surface area contributed by atoms with E-state index in [1.807, 2.05) is 32.0 Å². The summed E-state index contributed by atoms with van der Waals surface area (Å²) in [6.07, 6.45) is 0. The first-order valence-electron chi connectivity index (χ1n) is 7.02. The lowest BCUT2D eigenvalue weighted by Gasteiger charge is -2.12. The third-order valence-corrected chi connectivity index (χ3v) is 3.41. The molecule has 0 spiro atoms. The first-order chi connectivity index (χ1) is 10.6. The van der Waals surface area contributed by atoms with Crippen LogP contribution in [-0.4, -0.2) is 19.3 Å². The monoisotopic (exact) mass is 299 g/mol. The van der Waals surface area contributed by atoms with Gasteiger partial charge < -0.3 is 19.5 Å². The molecule has 114 valence electrons. The minimum Gasteiger partial charge on any atom is -0.483 e. The first-order valence-corrected chi connectivity index (χ1v) is 7.02. The fourth-order valence-corrected chi connectivity index (χ4v) is 2.34. The molecule has 0 aromatic heterocycles. The standard InChI is InChI=1S/C17H17NO4/c1-11-4-3-5-12(2)17(11)20-9-16(19)18-13-6-7-14-15(8-13)22-10-21-14/h3-8H,9-10H2,1-2H3,(H,18,19). The predicted molar refractivity (Wildman–Crippen MR) is 82.6 cm³/mol. The van der Waals surface area contributed by atoms with Crippen molar-refractivity contribution in [3.05, 3.63) is 47.5 Å². The van der Waals surface area contributed by atoms with Gasteiger partial charge in [0.05, 0.1) is 0 Å². The maximum atomic E-state index is 12.0. The van der Waals surface area contributed by atoms with Gasteiger partial charge in [-0.3, -0.25) is 4.79 Å². The molecule has 2 aromatic rings. The van der Waals surface area contributed by atoms with Crippen molar-refractivity contribution in [1.29, 1.82) is 0 Å². The minimum atomic E-state index is -0.221. The first kappa shape index (κ1) is 14.3. The molecule has 2 aromatic carbocycles. The largest absolute Gasteiger partial charge is 0.483 e. The van der Waals surface area contributed by atoms with Crippen molar-refractivity contribution in [3.8, 4) is 17.2 Å². The molecule has 0 saturated heterocycles. The van der Waals surface area contributed by atoms with E-state index in [0.29, 0.717) is 17.2 Å². The van der Waals surface area contributed by atoms with Crippen LogP contribution in [0, 0.1) is 13.8 Å². The van der Waals surface area contributed by atoms with Crippen LogP contribution in [0.4, 0.5) is 5.69 Å². The SMILES string of the molecule is Cc1cccc(C)c1OCC(=O)Nc1ccc2c(c1)OCO2. The highest BCUT2D eigenvalue weighted by Gasteiger charge is 2.14. The van der Waals surface area contributed by atoms with Gasteiger partial charge in [0, 0.05) is 11.8 Å². The molecule has 0 fully saturated rings. The molecule has 1 aliphatic rings. The third kappa shape index (κ3) is 2.98. The van der Waals surface area contributed by atoms with Gasteiger partial charge >= 0.3 is 0 Å². The molecular formula is C17H17NO4. The minimum absolute atomic E-state index is 0.0415. The fourth-order valence-electron chi connectivity index (χ4n) is 2.34. The van der Waals surface area contributed by atoms with Gasteiger partial charge in [-0.1, -0.05) is 18.2 Å². The molecule has 3 rings (SSSR count). The van der Waals surface area contributed by atoms with Crippen LogP contribution in [0.15, 0.2) is 36.4 Å². The number of hydrogen-bond acceptors (Lipinski definition) is 4. The van der Waals surface area contributed by atoms with Crippen LogP contribution < -0.4 is 19.5 Å². The molecule has 1 amide bonds. The zero-order valence-corrected chi connectivity index (χ0v) is 12.5. The Morgan fingerprint density at radius 3 is 2.64 bits per heavy atom. The van der Waals surface area contributed by atoms with Crippen LogP contribution in [0.5, 0.6) is 17.2 Å². The van der Waals surface area contributed by atoms with E-state index < -0.39 is 0 Å². The molecule has 0 bridgehead atoms. The van der Waals surface area contributed by atoms with E-state index in [-0.39, 0.29) is 19.3 Å². The summed E-state index contributed by atoms with van der Waals surface area (Å²) in [7, 11) is 0. The zero-order valence-electron chi connectivity index (χ0n) is 12.5. The Balaban J connectivity index is 1.61. The number of carbonyl (C=O) groups excluding carboxylic acids is 1. The number of amides is 1. The van der Waals surface area contributed by atoms with E-state index in [1.54, 1.807) is 18.2 Å². The Kier molecular flexibility index (Phi) is 3.87. The summed E-state index contributed by atoms with van der Waals surface area (Å²) in [5.74, 6) is 1.85. The van der Waals surface area contributed by atoms with E-state index in [4.69, 9.17) is 14.2 Å². The second-order valence-corrected chi connectivity index (χ2v) is 5.13. The van der Waals surface area contributed by atoms with Crippen LogP contribution in [-0.2, 0) is 4.79 Å². The summed E-state index contributed by atoms with van der Waals surface area (Å²) in [5.41, 5.74) is 2.67. The smallest absolute Gasteiger partial charge is 0.262 e. The average Bonchev–Trinajstić information content (AvgIpc) is 2.94. The normalized spacial score (nSPS) is 12.1. The summed E-state index contributed by atoms with van der Waals surface area (Å²) in [6.45, 7) is 4.08. The van der Waals surface area contributed by atoms with Crippen LogP contribution in [0.1, 0.15) is 11.1 Å². The van der Waals surface area contributed by atoms with Crippen molar-refractivity contribution in [1.82, 2.24) is 0 Å². The van der Waals surface area contributed by atoms with E-state index in [9.17, 15) is 4.79 Å². The molecule has 22 heavy (non-hydrogen) atoms. The number of rotatable bonds is 4. The number of fused-ring (bicyclic) bond motifs is 1. The molecule has 0 unspecified atom stereocenters. The molecule has 0 radical (unpaired) electrons. The van der Waals surface area contributed by atoms with Crippen molar-refractivity contribution < 1.29 is 19.0 Å². The number of benzene rings is 2. The third-order valence-electron chi connectivity index (χ3n) is 3.41. The lowest BCUT2D eigenvalue weighted by molar-refractivity contribution is -0.118. The van der Waals surface area contributed by atoms with E-state index >= 15 is 0 Å². The van der Waals surface area contributed by atoms with Crippen molar-refractivity contribution in [2.75, 3.05) is 18.7 Å². The van der Waals surface area contributed by atoms with Gasteiger partial charge in [0.25, 0.3) is 5.91 Å². The highest BCUT2D eigenvalue weighted by Crippen LogP contribution is 2.34. The van der Waals surface area contributed by atoms with Gasteiger partial charge in [0.15, 0.2) is 18.1 Å². The summed E-state index contributed by atoms with van der Waals surface area (Å²) in [4.78, 5) is 12.0. The quantitative estimate of drug-likeness (QED) is 0.942. The second kappa shape index (κ2) is 5.97. The summed E-state index contributed by atoms with van der Waals surface area (Å²) >= 11 is 0. The second-order valence-electron chi connectivity index (χ2n) is 5.13. The van der Waals surface area contributed by atoms with Crippen LogP contribution in [0.3, 0.4) is 0 Å². The van der Waals surface area contributed by atoms with Crippen molar-refractivity contribution >= 4 is 11.6 Å². The summed E-state index contributed by atoms with van der Waals surface area (Å²) < 4.78 is 16.1. The number of anilines is 1. The van der Waals surface area contributed by atoms with E-state index in [1.165, 1.54) is 0 Å². The molecule has 5 heteroatoms. The van der Waals surface area contributed by atoms with Crippen molar-refractivity contribution in [2.24, 2.45) is 0 Å². The van der Waals surface area contributed by atoms with E-state index in [2.05, 4.69) is 5.32 Å². The highest BCUT2D eigenvalue weighted by molar-refractivity contribution is 5.92. The average molecular weight is 299 g/mol. The number of para-hydroxylation sites is 1. The van der Waals surface area contributed by atoms with Gasteiger partial charge in [-0.2, -0.15) is 0 Å². The molecule has 1 N–H and O–H groups in total. The molecule has 0 saturated carbocycles. The van der Waals surface area contributed by atoms with Gasteiger partial charge in [0.2, 0.25) is 6.79 Å². The van der Waals surface area contributed by atoms with Crippen LogP contribution >= 0.6 is 0 Å². The number of nitrogens with one attached hydrogen (secondary N) is 1. The Morgan fingerprint density at radius 2 is 1.86 bits per heavy atom. The Labute approximate surface area is 128 Å². The van der Waals surface area contributed by atoms with Crippen molar-refractivity contribution in [2.45, 2.75) is 13.8 Å². The molecule has 0 aliphatic carbocycles. The maximum absolute atomic E-state index is 12.0. The Hall–Kier alpha value is -2.69. The maximum Gasteiger partial charge on any atom is 0.262 e. The number of aryl methyl sites for hydroxylation is 2. The predicted octanol–water partition coefficient (Wildman–Crippen LogP) is 3.05. The number of hydrogen-bond donors (Lipinski definition) is 1.